The van der Waals surface area contributed by atoms with Crippen LogP contribution in [0.3, 0.4) is 0 Å². The van der Waals surface area contributed by atoms with Gasteiger partial charge in [0.2, 0.25) is 0 Å². The fourth-order valence-electron chi connectivity index (χ4n) is 1.90. The second kappa shape index (κ2) is 3.83. The number of aliphatic hydroxyl groups is 1. The van der Waals surface area contributed by atoms with Gasteiger partial charge in [-0.25, -0.2) is 9.59 Å². The van der Waals surface area contributed by atoms with Gasteiger partial charge in [0.05, 0.1) is 12.6 Å². The molecule has 0 radical (unpaired) electrons. The maximum atomic E-state index is 10.8. The molecule has 0 saturated carbocycles. The van der Waals surface area contributed by atoms with E-state index in [4.69, 9.17) is 10.2 Å². The van der Waals surface area contributed by atoms with Crippen molar-refractivity contribution in [1.82, 2.24) is 4.90 Å². The van der Waals surface area contributed by atoms with Crippen LogP contribution in [0.15, 0.2) is 0 Å². The summed E-state index contributed by atoms with van der Waals surface area (Å²) in [5.41, 5.74) is 0. The van der Waals surface area contributed by atoms with Crippen LogP contribution in [-0.2, 0) is 4.79 Å². The minimum absolute atomic E-state index is 0.120. The van der Waals surface area contributed by atoms with E-state index < -0.39 is 30.1 Å². The molecular formula is C8H13NO5. The summed E-state index contributed by atoms with van der Waals surface area (Å²) in [6.07, 6.45) is -1.73. The Hall–Kier alpha value is -1.30. The molecule has 1 aliphatic rings. The highest BCUT2D eigenvalue weighted by Crippen LogP contribution is 2.27. The zero-order valence-corrected chi connectivity index (χ0v) is 7.75. The summed E-state index contributed by atoms with van der Waals surface area (Å²) in [5.74, 6) is -1.71. The molecule has 6 heteroatoms. The summed E-state index contributed by atoms with van der Waals surface area (Å²) in [7, 11) is 0. The summed E-state index contributed by atoms with van der Waals surface area (Å²) in [6, 6.07) is -1.12. The van der Waals surface area contributed by atoms with Crippen molar-refractivity contribution in [3.8, 4) is 0 Å². The molecule has 1 aliphatic heterocycles. The summed E-state index contributed by atoms with van der Waals surface area (Å²) in [5, 5.41) is 27.0. The first-order valence-electron chi connectivity index (χ1n) is 4.39. The first-order valence-corrected chi connectivity index (χ1v) is 4.39. The highest BCUT2D eigenvalue weighted by Gasteiger charge is 2.46. The van der Waals surface area contributed by atoms with Crippen molar-refractivity contribution in [3.63, 3.8) is 0 Å². The van der Waals surface area contributed by atoms with E-state index in [1.807, 2.05) is 0 Å². The van der Waals surface area contributed by atoms with Gasteiger partial charge in [-0.05, 0) is 6.42 Å². The van der Waals surface area contributed by atoms with Gasteiger partial charge in [-0.1, -0.05) is 6.92 Å². The Kier molecular flexibility index (Phi) is 2.95. The normalized spacial score (nSPS) is 31.9. The Labute approximate surface area is 80.8 Å². The number of aliphatic hydroxyl groups excluding tert-OH is 1. The van der Waals surface area contributed by atoms with E-state index in [0.29, 0.717) is 6.42 Å². The molecule has 3 unspecified atom stereocenters. The quantitative estimate of drug-likeness (QED) is 0.578. The second-order valence-corrected chi connectivity index (χ2v) is 3.36. The molecule has 0 bridgehead atoms. The third kappa shape index (κ3) is 1.65. The lowest BCUT2D eigenvalue weighted by Crippen LogP contribution is -2.42. The largest absolute Gasteiger partial charge is 0.480 e. The predicted octanol–water partition coefficient (Wildman–Crippen LogP) is -0.180. The van der Waals surface area contributed by atoms with E-state index in [-0.39, 0.29) is 6.54 Å². The highest BCUT2D eigenvalue weighted by molar-refractivity contribution is 5.80. The molecule has 0 aromatic rings. The van der Waals surface area contributed by atoms with Crippen molar-refractivity contribution in [2.24, 2.45) is 5.92 Å². The molecular weight excluding hydrogens is 190 g/mol. The first kappa shape index (κ1) is 10.8. The number of β-amino-alcohol motifs (C(OH)–C–C–N with tert-alkyl or cyclic N) is 1. The van der Waals surface area contributed by atoms with E-state index >= 15 is 0 Å². The third-order valence-electron chi connectivity index (χ3n) is 2.59. The molecule has 1 rings (SSSR count). The van der Waals surface area contributed by atoms with E-state index in [1.165, 1.54) is 0 Å². The second-order valence-electron chi connectivity index (χ2n) is 3.36. The summed E-state index contributed by atoms with van der Waals surface area (Å²) in [6.45, 7) is 1.61. The number of hydrogen-bond acceptors (Lipinski definition) is 3. The monoisotopic (exact) mass is 203 g/mol. The average Bonchev–Trinajstić information content (AvgIpc) is 2.42. The van der Waals surface area contributed by atoms with Crippen molar-refractivity contribution >= 4 is 12.1 Å². The third-order valence-corrected chi connectivity index (χ3v) is 2.59. The lowest BCUT2D eigenvalue weighted by atomic mass is 9.95. The van der Waals surface area contributed by atoms with Gasteiger partial charge in [-0.2, -0.15) is 0 Å². The van der Waals surface area contributed by atoms with E-state index in [9.17, 15) is 14.7 Å². The van der Waals surface area contributed by atoms with Crippen LogP contribution in [0.1, 0.15) is 13.3 Å². The van der Waals surface area contributed by atoms with Crippen molar-refractivity contribution < 1.29 is 24.9 Å². The number of amides is 1. The molecule has 3 N–H and O–H groups in total. The molecule has 14 heavy (non-hydrogen) atoms. The number of carbonyl (C=O) groups is 2. The number of aliphatic carboxylic acids is 1. The van der Waals surface area contributed by atoms with Crippen LogP contribution in [0, 0.1) is 5.92 Å². The molecule has 0 spiro atoms. The maximum Gasteiger partial charge on any atom is 0.408 e. The van der Waals surface area contributed by atoms with Gasteiger partial charge in [0.25, 0.3) is 0 Å². The Bertz CT molecular complexity index is 254. The summed E-state index contributed by atoms with van der Waals surface area (Å²) in [4.78, 5) is 22.3. The Morgan fingerprint density at radius 3 is 2.36 bits per heavy atom. The van der Waals surface area contributed by atoms with Crippen LogP contribution in [-0.4, -0.2) is 51.0 Å². The van der Waals surface area contributed by atoms with Gasteiger partial charge in [0, 0.05) is 5.92 Å². The highest BCUT2D eigenvalue weighted by atomic mass is 16.4. The lowest BCUT2D eigenvalue weighted by molar-refractivity contribution is -0.143. The molecule has 1 saturated heterocycles. The maximum absolute atomic E-state index is 10.8. The smallest absolute Gasteiger partial charge is 0.408 e. The van der Waals surface area contributed by atoms with Crippen LogP contribution in [0.4, 0.5) is 4.79 Å². The molecule has 1 amide bonds. The molecule has 6 nitrogen and oxygen atoms in total. The summed E-state index contributed by atoms with van der Waals surface area (Å²) >= 11 is 0. The van der Waals surface area contributed by atoms with E-state index in [1.54, 1.807) is 6.92 Å². The molecule has 3 atom stereocenters. The molecule has 0 aromatic carbocycles. The fourth-order valence-corrected chi connectivity index (χ4v) is 1.90. The number of carboxylic acid groups (broad SMARTS) is 2. The van der Waals surface area contributed by atoms with E-state index in [2.05, 4.69) is 0 Å². The lowest BCUT2D eigenvalue weighted by Gasteiger charge is -2.20. The molecule has 0 aliphatic carbocycles. The van der Waals surface area contributed by atoms with Crippen molar-refractivity contribution in [2.75, 3.05) is 6.54 Å². The predicted molar refractivity (Wildman–Crippen MR) is 45.9 cm³/mol. The number of nitrogens with zero attached hydrogens (tertiary/aromatic N) is 1. The average molecular weight is 203 g/mol. The van der Waals surface area contributed by atoms with Crippen molar-refractivity contribution in [1.29, 1.82) is 0 Å². The van der Waals surface area contributed by atoms with Crippen LogP contribution < -0.4 is 0 Å². The topological polar surface area (TPSA) is 98.1 Å². The van der Waals surface area contributed by atoms with Crippen LogP contribution in [0.25, 0.3) is 0 Å². The van der Waals surface area contributed by atoms with Crippen LogP contribution in [0.5, 0.6) is 0 Å². The Morgan fingerprint density at radius 2 is 2.00 bits per heavy atom. The molecule has 0 aromatic heterocycles. The van der Waals surface area contributed by atoms with Crippen molar-refractivity contribution in [2.45, 2.75) is 25.5 Å². The number of rotatable bonds is 2. The zero-order valence-electron chi connectivity index (χ0n) is 7.75. The van der Waals surface area contributed by atoms with Gasteiger partial charge >= 0.3 is 12.1 Å². The summed E-state index contributed by atoms with van der Waals surface area (Å²) < 4.78 is 0. The molecule has 80 valence electrons. The van der Waals surface area contributed by atoms with Crippen LogP contribution >= 0.6 is 0 Å². The zero-order chi connectivity index (χ0) is 10.9. The van der Waals surface area contributed by atoms with Gasteiger partial charge in [0.1, 0.15) is 6.04 Å². The van der Waals surface area contributed by atoms with Gasteiger partial charge < -0.3 is 15.3 Å². The van der Waals surface area contributed by atoms with Gasteiger partial charge in [0.15, 0.2) is 0 Å². The van der Waals surface area contributed by atoms with Crippen LogP contribution in [0.2, 0.25) is 0 Å². The SMILES string of the molecule is CCC1C(O)CN(C(=O)O)C1C(=O)O. The first-order chi connectivity index (χ1) is 6.49. The van der Waals surface area contributed by atoms with E-state index in [0.717, 1.165) is 4.90 Å². The molecule has 1 heterocycles. The minimum atomic E-state index is -1.30. The number of likely N-dealkylation sites (tertiary alicyclic amines) is 1. The Balaban J connectivity index is 2.90. The van der Waals surface area contributed by atoms with Crippen molar-refractivity contribution in [3.05, 3.63) is 0 Å². The Morgan fingerprint density at radius 1 is 1.43 bits per heavy atom. The van der Waals surface area contributed by atoms with Gasteiger partial charge in [-0.3, -0.25) is 4.90 Å². The standard InChI is InChI=1S/C8H13NO5/c1-2-4-5(10)3-9(8(13)14)6(4)7(11)12/h4-6,10H,2-3H2,1H3,(H,11,12)(H,13,14). The van der Waals surface area contributed by atoms with Gasteiger partial charge in [-0.15, -0.1) is 0 Å². The molecule has 1 fully saturated rings. The number of hydrogen-bond donors (Lipinski definition) is 3. The number of carboxylic acids is 1. The minimum Gasteiger partial charge on any atom is -0.480 e. The fraction of sp³-hybridized carbons (Fsp3) is 0.750.